The van der Waals surface area contributed by atoms with Gasteiger partial charge in [0.2, 0.25) is 10.0 Å². The largest absolute Gasteiger partial charge is 0.392 e. The molecule has 0 aliphatic carbocycles. The molecule has 0 saturated heterocycles. The molecule has 0 aromatic heterocycles. The molecule has 2 rings (SSSR count). The van der Waals surface area contributed by atoms with Gasteiger partial charge in [0, 0.05) is 13.6 Å². The summed E-state index contributed by atoms with van der Waals surface area (Å²) >= 11 is 0. The van der Waals surface area contributed by atoms with E-state index in [1.807, 2.05) is 30.3 Å². The van der Waals surface area contributed by atoms with Crippen LogP contribution in [0.4, 0.5) is 0 Å². The fraction of sp³-hybridized carbons (Fsp3) is 0.250. The van der Waals surface area contributed by atoms with Crippen molar-refractivity contribution in [2.45, 2.75) is 18.9 Å². The van der Waals surface area contributed by atoms with Crippen LogP contribution in [0.1, 0.15) is 16.7 Å². The smallest absolute Gasteiger partial charge is 0.218 e. The number of benzene rings is 2. The summed E-state index contributed by atoms with van der Waals surface area (Å²) in [7, 11) is -1.77. The molecule has 4 nitrogen and oxygen atoms in total. The number of aliphatic hydroxyl groups is 1. The summed E-state index contributed by atoms with van der Waals surface area (Å²) in [4.78, 5) is 0. The molecule has 0 bridgehead atoms. The molecule has 112 valence electrons. The third-order valence-electron chi connectivity index (χ3n) is 3.28. The maximum absolute atomic E-state index is 12.3. The van der Waals surface area contributed by atoms with Gasteiger partial charge >= 0.3 is 0 Å². The first kappa shape index (κ1) is 15.7. The van der Waals surface area contributed by atoms with Gasteiger partial charge in [-0.15, -0.1) is 0 Å². The molecule has 5 heteroatoms. The normalized spacial score (nSPS) is 11.8. The molecule has 1 N–H and O–H groups in total. The van der Waals surface area contributed by atoms with E-state index in [0.717, 1.165) is 11.1 Å². The van der Waals surface area contributed by atoms with Crippen LogP contribution in [0.5, 0.6) is 0 Å². The van der Waals surface area contributed by atoms with Crippen molar-refractivity contribution in [3.8, 4) is 0 Å². The van der Waals surface area contributed by atoms with Gasteiger partial charge in [0.25, 0.3) is 0 Å². The molecule has 2 aromatic rings. The lowest BCUT2D eigenvalue weighted by Gasteiger charge is -2.17. The van der Waals surface area contributed by atoms with Crippen LogP contribution in [0.15, 0.2) is 54.6 Å². The molecule has 21 heavy (non-hydrogen) atoms. The molecule has 0 heterocycles. The Kier molecular flexibility index (Phi) is 5.12. The monoisotopic (exact) mass is 305 g/mol. The van der Waals surface area contributed by atoms with Crippen LogP contribution in [0.2, 0.25) is 0 Å². The predicted molar refractivity (Wildman–Crippen MR) is 82.9 cm³/mol. The van der Waals surface area contributed by atoms with Crippen molar-refractivity contribution in [1.82, 2.24) is 4.31 Å². The lowest BCUT2D eigenvalue weighted by Crippen LogP contribution is -2.27. The molecule has 0 unspecified atom stereocenters. The number of nitrogens with zero attached hydrogens (tertiary/aromatic N) is 1. The maximum atomic E-state index is 12.3. The first-order chi connectivity index (χ1) is 10.0. The second-order valence-electron chi connectivity index (χ2n) is 4.97. The lowest BCUT2D eigenvalue weighted by molar-refractivity contribution is 0.282. The van der Waals surface area contributed by atoms with E-state index in [1.165, 1.54) is 4.31 Å². The molecule has 0 aliphatic rings. The van der Waals surface area contributed by atoms with Gasteiger partial charge in [0.15, 0.2) is 0 Å². The summed E-state index contributed by atoms with van der Waals surface area (Å²) < 4.78 is 26.0. The summed E-state index contributed by atoms with van der Waals surface area (Å²) in [5.74, 6) is -0.0396. The Morgan fingerprint density at radius 1 is 0.905 bits per heavy atom. The van der Waals surface area contributed by atoms with Crippen molar-refractivity contribution >= 4 is 10.0 Å². The fourth-order valence-corrected chi connectivity index (χ4v) is 3.18. The van der Waals surface area contributed by atoms with E-state index < -0.39 is 10.0 Å². The predicted octanol–water partition coefficient (Wildman–Crippen LogP) is 2.14. The number of aliphatic hydroxyl groups excluding tert-OH is 1. The molecule has 0 fully saturated rings. The van der Waals surface area contributed by atoms with Crippen molar-refractivity contribution in [1.29, 1.82) is 0 Å². The molecule has 0 radical (unpaired) electrons. The second-order valence-corrected chi connectivity index (χ2v) is 7.05. The molecule has 2 aromatic carbocycles. The minimum Gasteiger partial charge on any atom is -0.392 e. The Bertz CT molecular complexity index is 666. The van der Waals surface area contributed by atoms with E-state index in [-0.39, 0.29) is 12.4 Å². The van der Waals surface area contributed by atoms with Crippen LogP contribution >= 0.6 is 0 Å². The van der Waals surface area contributed by atoms with Gasteiger partial charge in [-0.25, -0.2) is 12.7 Å². The Labute approximate surface area is 125 Å². The highest BCUT2D eigenvalue weighted by Gasteiger charge is 2.18. The fourth-order valence-electron chi connectivity index (χ4n) is 2.00. The van der Waals surface area contributed by atoms with Gasteiger partial charge in [-0.2, -0.15) is 0 Å². The van der Waals surface area contributed by atoms with Gasteiger partial charge in [0.1, 0.15) is 0 Å². The van der Waals surface area contributed by atoms with Crippen LogP contribution < -0.4 is 0 Å². The lowest BCUT2D eigenvalue weighted by atomic mass is 10.2. The first-order valence-corrected chi connectivity index (χ1v) is 8.29. The Balaban J connectivity index is 2.06. The number of hydrogen-bond acceptors (Lipinski definition) is 3. The minimum atomic E-state index is -3.36. The standard InChI is InChI=1S/C16H19NO3S/c1-17(11-14-5-3-2-4-6-14)21(19,20)13-16-9-7-15(12-18)8-10-16/h2-10,18H,11-13H2,1H3. The summed E-state index contributed by atoms with van der Waals surface area (Å²) in [6, 6.07) is 16.4. The van der Waals surface area contributed by atoms with Gasteiger partial charge in [0.05, 0.1) is 12.4 Å². The average molecular weight is 305 g/mol. The Morgan fingerprint density at radius 2 is 1.48 bits per heavy atom. The Hall–Kier alpha value is -1.69. The van der Waals surface area contributed by atoms with Crippen molar-refractivity contribution in [3.63, 3.8) is 0 Å². The van der Waals surface area contributed by atoms with Crippen molar-refractivity contribution in [2.24, 2.45) is 0 Å². The van der Waals surface area contributed by atoms with Crippen molar-refractivity contribution in [2.75, 3.05) is 7.05 Å². The molecule has 0 atom stereocenters. The SMILES string of the molecule is CN(Cc1ccccc1)S(=O)(=O)Cc1ccc(CO)cc1. The zero-order chi connectivity index (χ0) is 15.3. The van der Waals surface area contributed by atoms with Gasteiger partial charge in [-0.05, 0) is 16.7 Å². The van der Waals surface area contributed by atoms with E-state index in [4.69, 9.17) is 5.11 Å². The van der Waals surface area contributed by atoms with E-state index >= 15 is 0 Å². The van der Waals surface area contributed by atoms with Crippen molar-refractivity contribution < 1.29 is 13.5 Å². The summed E-state index contributed by atoms with van der Waals surface area (Å²) in [6.07, 6.45) is 0. The third-order valence-corrected chi connectivity index (χ3v) is 5.05. The summed E-state index contributed by atoms with van der Waals surface area (Å²) in [6.45, 7) is 0.318. The summed E-state index contributed by atoms with van der Waals surface area (Å²) in [5, 5.41) is 8.99. The van der Waals surface area contributed by atoms with Gasteiger partial charge in [-0.1, -0.05) is 54.6 Å². The molecule has 0 amide bonds. The topological polar surface area (TPSA) is 57.6 Å². The highest BCUT2D eigenvalue weighted by Crippen LogP contribution is 2.13. The zero-order valence-electron chi connectivity index (χ0n) is 11.9. The second kappa shape index (κ2) is 6.85. The van der Waals surface area contributed by atoms with E-state index in [0.29, 0.717) is 12.1 Å². The highest BCUT2D eigenvalue weighted by atomic mass is 32.2. The van der Waals surface area contributed by atoms with Gasteiger partial charge in [-0.3, -0.25) is 0 Å². The van der Waals surface area contributed by atoms with Crippen LogP contribution in [0, 0.1) is 0 Å². The average Bonchev–Trinajstić information content (AvgIpc) is 2.48. The Morgan fingerprint density at radius 3 is 2.05 bits per heavy atom. The number of rotatable bonds is 6. The quantitative estimate of drug-likeness (QED) is 0.889. The van der Waals surface area contributed by atoms with Crippen LogP contribution in [-0.4, -0.2) is 24.9 Å². The van der Waals surface area contributed by atoms with Crippen molar-refractivity contribution in [3.05, 3.63) is 71.3 Å². The van der Waals surface area contributed by atoms with E-state index in [1.54, 1.807) is 31.3 Å². The molecular weight excluding hydrogens is 286 g/mol. The number of sulfonamides is 1. The highest BCUT2D eigenvalue weighted by molar-refractivity contribution is 7.88. The van der Waals surface area contributed by atoms with Gasteiger partial charge < -0.3 is 5.11 Å². The zero-order valence-corrected chi connectivity index (χ0v) is 12.8. The third kappa shape index (κ3) is 4.39. The van der Waals surface area contributed by atoms with Crippen LogP contribution in [0.25, 0.3) is 0 Å². The van der Waals surface area contributed by atoms with Crippen LogP contribution in [-0.2, 0) is 28.9 Å². The first-order valence-electron chi connectivity index (χ1n) is 6.68. The molecule has 0 saturated carbocycles. The maximum Gasteiger partial charge on any atom is 0.218 e. The van der Waals surface area contributed by atoms with E-state index in [2.05, 4.69) is 0 Å². The molecule has 0 spiro atoms. The van der Waals surface area contributed by atoms with E-state index in [9.17, 15) is 8.42 Å². The van der Waals surface area contributed by atoms with Crippen LogP contribution in [0.3, 0.4) is 0 Å². The summed E-state index contributed by atoms with van der Waals surface area (Å²) in [5.41, 5.74) is 2.44. The molecule has 0 aliphatic heterocycles. The number of hydrogen-bond donors (Lipinski definition) is 1. The minimum absolute atomic E-state index is 0.0396. The molecular formula is C16H19NO3S.